The molecule has 2 nitrogen and oxygen atoms in total. The van der Waals surface area contributed by atoms with Crippen LogP contribution in [0.1, 0.15) is 5.56 Å². The molecule has 0 saturated carbocycles. The lowest BCUT2D eigenvalue weighted by atomic mass is 10.1. The zero-order valence-corrected chi connectivity index (χ0v) is 9.63. The molecular weight excluding hydrogens is 242 g/mol. The van der Waals surface area contributed by atoms with Crippen LogP contribution in [0, 0.1) is 6.92 Å². The molecule has 1 heterocycles. The van der Waals surface area contributed by atoms with Gasteiger partial charge >= 0.3 is 0 Å². The zero-order chi connectivity index (χ0) is 10.1. The lowest BCUT2D eigenvalue weighted by Crippen LogP contribution is -1.89. The number of halogens is 1. The number of hydrogen-bond donors (Lipinski definition) is 0. The molecule has 3 heteroatoms. The molecule has 1 aromatic heterocycles. The highest BCUT2D eigenvalue weighted by Gasteiger charge is 2.05. The van der Waals surface area contributed by atoms with Crippen molar-refractivity contribution in [3.8, 4) is 5.75 Å². The number of nitrogens with zero attached hydrogens (tertiary/aromatic N) is 1. The minimum atomic E-state index is 0.818. The lowest BCUT2D eigenvalue weighted by molar-refractivity contribution is 0.419. The van der Waals surface area contributed by atoms with Crippen LogP contribution in [0.3, 0.4) is 0 Å². The topological polar surface area (TPSA) is 22.1 Å². The Balaban J connectivity index is 2.84. The van der Waals surface area contributed by atoms with Crippen molar-refractivity contribution in [3.05, 3.63) is 34.4 Å². The Morgan fingerprint density at radius 2 is 2.14 bits per heavy atom. The average Bonchev–Trinajstić information content (AvgIpc) is 2.19. The quantitative estimate of drug-likeness (QED) is 0.776. The SMILES string of the molecule is COc1ccc(C)c2cc(Br)cnc12. The third-order valence-electron chi connectivity index (χ3n) is 2.22. The van der Waals surface area contributed by atoms with Crippen LogP contribution in [-0.2, 0) is 0 Å². The largest absolute Gasteiger partial charge is 0.494 e. The van der Waals surface area contributed by atoms with Gasteiger partial charge in [0.05, 0.1) is 7.11 Å². The molecule has 0 aliphatic rings. The Morgan fingerprint density at radius 3 is 2.86 bits per heavy atom. The fourth-order valence-electron chi connectivity index (χ4n) is 1.47. The molecule has 1 aromatic carbocycles. The van der Waals surface area contributed by atoms with Gasteiger partial charge in [-0.25, -0.2) is 0 Å². The minimum absolute atomic E-state index is 0.818. The molecule has 0 bridgehead atoms. The van der Waals surface area contributed by atoms with Gasteiger partial charge in [-0.2, -0.15) is 0 Å². The van der Waals surface area contributed by atoms with E-state index in [0.717, 1.165) is 21.1 Å². The summed E-state index contributed by atoms with van der Waals surface area (Å²) in [6.07, 6.45) is 1.78. The molecule has 0 radical (unpaired) electrons. The first-order valence-corrected chi connectivity index (χ1v) is 5.10. The zero-order valence-electron chi connectivity index (χ0n) is 8.04. The molecule has 0 N–H and O–H groups in total. The van der Waals surface area contributed by atoms with Gasteiger partial charge in [0, 0.05) is 16.1 Å². The van der Waals surface area contributed by atoms with Gasteiger partial charge < -0.3 is 4.74 Å². The molecule has 0 unspecified atom stereocenters. The van der Waals surface area contributed by atoms with E-state index in [1.165, 1.54) is 5.56 Å². The smallest absolute Gasteiger partial charge is 0.145 e. The van der Waals surface area contributed by atoms with Crippen LogP contribution in [0.2, 0.25) is 0 Å². The Bertz CT molecular complexity index is 482. The molecule has 14 heavy (non-hydrogen) atoms. The van der Waals surface area contributed by atoms with Gasteiger partial charge in [-0.05, 0) is 40.5 Å². The predicted molar refractivity (Wildman–Crippen MR) is 60.7 cm³/mol. The van der Waals surface area contributed by atoms with Gasteiger partial charge in [-0.15, -0.1) is 0 Å². The number of ether oxygens (including phenoxy) is 1. The summed E-state index contributed by atoms with van der Waals surface area (Å²) in [7, 11) is 1.66. The first-order chi connectivity index (χ1) is 6.72. The van der Waals surface area contributed by atoms with Gasteiger partial charge in [0.25, 0.3) is 0 Å². The summed E-state index contributed by atoms with van der Waals surface area (Å²) < 4.78 is 6.23. The van der Waals surface area contributed by atoms with Crippen molar-refractivity contribution in [3.63, 3.8) is 0 Å². The van der Waals surface area contributed by atoms with E-state index in [4.69, 9.17) is 4.74 Å². The van der Waals surface area contributed by atoms with E-state index in [2.05, 4.69) is 33.9 Å². The summed E-state index contributed by atoms with van der Waals surface area (Å²) in [5.41, 5.74) is 2.12. The summed E-state index contributed by atoms with van der Waals surface area (Å²) in [5.74, 6) is 0.818. The average molecular weight is 252 g/mol. The van der Waals surface area contributed by atoms with Gasteiger partial charge in [0.15, 0.2) is 0 Å². The fraction of sp³-hybridized carbons (Fsp3) is 0.182. The highest BCUT2D eigenvalue weighted by atomic mass is 79.9. The van der Waals surface area contributed by atoms with Crippen molar-refractivity contribution in [2.24, 2.45) is 0 Å². The molecule has 0 aliphatic carbocycles. The van der Waals surface area contributed by atoms with Crippen LogP contribution < -0.4 is 4.74 Å². The molecule has 0 amide bonds. The van der Waals surface area contributed by atoms with E-state index in [1.54, 1.807) is 13.3 Å². The van der Waals surface area contributed by atoms with Crippen molar-refractivity contribution < 1.29 is 4.74 Å². The van der Waals surface area contributed by atoms with Crippen molar-refractivity contribution in [1.29, 1.82) is 0 Å². The minimum Gasteiger partial charge on any atom is -0.494 e. The van der Waals surface area contributed by atoms with Gasteiger partial charge in [0.2, 0.25) is 0 Å². The second-order valence-electron chi connectivity index (χ2n) is 3.13. The monoisotopic (exact) mass is 251 g/mol. The highest BCUT2D eigenvalue weighted by Crippen LogP contribution is 2.28. The number of benzene rings is 1. The van der Waals surface area contributed by atoms with E-state index < -0.39 is 0 Å². The molecule has 0 aliphatic heterocycles. The van der Waals surface area contributed by atoms with Crippen LogP contribution >= 0.6 is 15.9 Å². The molecule has 2 aromatic rings. The Morgan fingerprint density at radius 1 is 1.36 bits per heavy atom. The maximum atomic E-state index is 5.24. The number of fused-ring (bicyclic) bond motifs is 1. The standard InChI is InChI=1S/C11H10BrNO/c1-7-3-4-10(14-2)11-9(7)5-8(12)6-13-11/h3-6H,1-2H3. The van der Waals surface area contributed by atoms with Crippen LogP contribution in [0.25, 0.3) is 10.9 Å². The summed E-state index contributed by atoms with van der Waals surface area (Å²) in [4.78, 5) is 4.34. The molecular formula is C11H10BrNO. The molecule has 2 rings (SSSR count). The number of pyridine rings is 1. The number of hydrogen-bond acceptors (Lipinski definition) is 2. The highest BCUT2D eigenvalue weighted by molar-refractivity contribution is 9.10. The van der Waals surface area contributed by atoms with Crippen LogP contribution in [0.15, 0.2) is 28.9 Å². The van der Waals surface area contributed by atoms with Gasteiger partial charge in [-0.1, -0.05) is 6.07 Å². The second-order valence-corrected chi connectivity index (χ2v) is 4.05. The molecule has 72 valence electrons. The summed E-state index contributed by atoms with van der Waals surface area (Å²) in [6.45, 7) is 2.07. The van der Waals surface area contributed by atoms with E-state index >= 15 is 0 Å². The summed E-state index contributed by atoms with van der Waals surface area (Å²) >= 11 is 3.41. The van der Waals surface area contributed by atoms with Crippen LogP contribution in [0.4, 0.5) is 0 Å². The fourth-order valence-corrected chi connectivity index (χ4v) is 1.80. The van der Waals surface area contributed by atoms with Gasteiger partial charge in [-0.3, -0.25) is 4.98 Å². The third kappa shape index (κ3) is 1.48. The van der Waals surface area contributed by atoms with Crippen molar-refractivity contribution in [2.45, 2.75) is 6.92 Å². The maximum Gasteiger partial charge on any atom is 0.145 e. The van der Waals surface area contributed by atoms with Crippen LogP contribution in [-0.4, -0.2) is 12.1 Å². The van der Waals surface area contributed by atoms with Gasteiger partial charge in [0.1, 0.15) is 11.3 Å². The van der Waals surface area contributed by atoms with E-state index in [0.29, 0.717) is 0 Å². The number of rotatable bonds is 1. The maximum absolute atomic E-state index is 5.24. The van der Waals surface area contributed by atoms with E-state index in [1.807, 2.05) is 12.1 Å². The van der Waals surface area contributed by atoms with E-state index in [9.17, 15) is 0 Å². The number of methoxy groups -OCH3 is 1. The summed E-state index contributed by atoms with van der Waals surface area (Å²) in [6, 6.07) is 6.04. The normalized spacial score (nSPS) is 10.5. The van der Waals surface area contributed by atoms with E-state index in [-0.39, 0.29) is 0 Å². The van der Waals surface area contributed by atoms with Crippen molar-refractivity contribution in [2.75, 3.05) is 7.11 Å². The molecule has 0 atom stereocenters. The van der Waals surface area contributed by atoms with Crippen LogP contribution in [0.5, 0.6) is 5.75 Å². The van der Waals surface area contributed by atoms with Crippen molar-refractivity contribution in [1.82, 2.24) is 4.98 Å². The number of aromatic nitrogens is 1. The molecule has 0 saturated heterocycles. The molecule has 0 fully saturated rings. The summed E-state index contributed by atoms with van der Waals surface area (Å²) in [5, 5.41) is 1.12. The third-order valence-corrected chi connectivity index (χ3v) is 2.65. The van der Waals surface area contributed by atoms with Crippen molar-refractivity contribution >= 4 is 26.8 Å². The Kier molecular flexibility index (Phi) is 2.42. The predicted octanol–water partition coefficient (Wildman–Crippen LogP) is 3.31. The molecule has 0 spiro atoms. The lowest BCUT2D eigenvalue weighted by Gasteiger charge is -2.06. The Hall–Kier alpha value is -1.09. The Labute approximate surface area is 91.0 Å². The second kappa shape index (κ2) is 3.58. The first-order valence-electron chi connectivity index (χ1n) is 4.31. The number of aryl methyl sites for hydroxylation is 1. The first kappa shape index (κ1) is 9.46.